The van der Waals surface area contributed by atoms with E-state index in [0.29, 0.717) is 6.04 Å². The zero-order valence-corrected chi connectivity index (χ0v) is 18.8. The summed E-state index contributed by atoms with van der Waals surface area (Å²) in [5, 5.41) is 18.9. The van der Waals surface area contributed by atoms with E-state index in [4.69, 9.17) is 4.99 Å². The minimum atomic E-state index is 0.591. The Labute approximate surface area is 176 Å². The van der Waals surface area contributed by atoms with Gasteiger partial charge in [-0.25, -0.2) is 4.99 Å². The number of nitrogens with one attached hydrogen (secondary N) is 2. The molecule has 1 fully saturated rings. The van der Waals surface area contributed by atoms with Crippen LogP contribution in [-0.2, 0) is 13.0 Å². The first-order valence-corrected chi connectivity index (χ1v) is 12.4. The number of guanidine groups is 1. The van der Waals surface area contributed by atoms with Crippen molar-refractivity contribution in [1.29, 1.82) is 0 Å². The van der Waals surface area contributed by atoms with Crippen LogP contribution in [0.5, 0.6) is 0 Å². The Morgan fingerprint density at radius 1 is 1.32 bits per heavy atom. The maximum Gasteiger partial charge on any atom is 0.191 e. The lowest BCUT2D eigenvalue weighted by molar-refractivity contribution is 0.460. The molecule has 2 aromatic rings. The summed E-state index contributed by atoms with van der Waals surface area (Å²) in [6.07, 6.45) is 9.22. The van der Waals surface area contributed by atoms with Crippen molar-refractivity contribution in [2.75, 3.05) is 19.3 Å². The molecule has 2 aromatic heterocycles. The Morgan fingerprint density at radius 2 is 2.14 bits per heavy atom. The van der Waals surface area contributed by atoms with Crippen LogP contribution < -0.4 is 10.6 Å². The molecule has 0 amide bonds. The van der Waals surface area contributed by atoms with Crippen molar-refractivity contribution in [3.05, 3.63) is 27.7 Å². The summed E-state index contributed by atoms with van der Waals surface area (Å²) in [5.41, 5.74) is 1.32. The summed E-state index contributed by atoms with van der Waals surface area (Å²) in [7, 11) is 0. The van der Waals surface area contributed by atoms with Crippen LogP contribution in [0.3, 0.4) is 0 Å². The minimum Gasteiger partial charge on any atom is -0.357 e. The second-order valence-corrected chi connectivity index (χ2v) is 8.94. The Morgan fingerprint density at radius 3 is 2.82 bits per heavy atom. The molecule has 0 radical (unpaired) electrons. The highest BCUT2D eigenvalue weighted by atomic mass is 32.2. The van der Waals surface area contributed by atoms with Crippen LogP contribution in [0.2, 0.25) is 0 Å². The molecule has 2 heterocycles. The van der Waals surface area contributed by atoms with E-state index in [1.807, 2.05) is 0 Å². The number of rotatable bonds is 9. The molecule has 0 atom stereocenters. The number of thioether (sulfide) groups is 1. The third-order valence-corrected chi connectivity index (χ3v) is 6.82. The van der Waals surface area contributed by atoms with Gasteiger partial charge < -0.3 is 15.2 Å². The minimum absolute atomic E-state index is 0.591. The largest absolute Gasteiger partial charge is 0.357 e. The van der Waals surface area contributed by atoms with E-state index in [0.717, 1.165) is 49.4 Å². The van der Waals surface area contributed by atoms with Gasteiger partial charge in [-0.15, -0.1) is 21.5 Å². The van der Waals surface area contributed by atoms with Gasteiger partial charge in [-0.1, -0.05) is 24.6 Å². The fraction of sp³-hybridized carbons (Fsp3) is 0.650. The number of aromatic nitrogens is 3. The lowest BCUT2D eigenvalue weighted by Crippen LogP contribution is -2.37. The van der Waals surface area contributed by atoms with Crippen LogP contribution in [0.25, 0.3) is 0 Å². The van der Waals surface area contributed by atoms with Gasteiger partial charge in [-0.05, 0) is 56.4 Å². The highest BCUT2D eigenvalue weighted by Crippen LogP contribution is 2.33. The smallest absolute Gasteiger partial charge is 0.191 e. The predicted octanol–water partition coefficient (Wildman–Crippen LogP) is 4.17. The summed E-state index contributed by atoms with van der Waals surface area (Å²) in [4.78, 5) is 6.05. The van der Waals surface area contributed by atoms with Crippen molar-refractivity contribution in [2.45, 2.75) is 70.1 Å². The molecule has 6 nitrogen and oxygen atoms in total. The number of aliphatic imine (C=N–C) groups is 1. The molecule has 28 heavy (non-hydrogen) atoms. The first-order chi connectivity index (χ1) is 13.7. The maximum atomic E-state index is 4.73. The summed E-state index contributed by atoms with van der Waals surface area (Å²) in [6, 6.07) is 2.74. The molecule has 0 unspecified atom stereocenters. The molecule has 1 saturated carbocycles. The van der Waals surface area contributed by atoms with Crippen LogP contribution in [-0.4, -0.2) is 40.1 Å². The highest BCUT2D eigenvalue weighted by Gasteiger charge is 2.23. The van der Waals surface area contributed by atoms with Crippen molar-refractivity contribution in [2.24, 2.45) is 4.99 Å². The fourth-order valence-corrected chi connectivity index (χ4v) is 5.06. The second kappa shape index (κ2) is 10.9. The molecule has 0 saturated heterocycles. The lowest BCUT2D eigenvalue weighted by atomic mass is 10.2. The van der Waals surface area contributed by atoms with Gasteiger partial charge in [0.05, 0.1) is 6.54 Å². The van der Waals surface area contributed by atoms with E-state index in [2.05, 4.69) is 56.9 Å². The lowest BCUT2D eigenvalue weighted by Gasteiger charge is -2.16. The highest BCUT2D eigenvalue weighted by molar-refractivity contribution is 7.98. The molecule has 0 spiro atoms. The van der Waals surface area contributed by atoms with Crippen LogP contribution >= 0.6 is 23.1 Å². The Balaban J connectivity index is 1.52. The van der Waals surface area contributed by atoms with E-state index in [1.54, 1.807) is 23.1 Å². The van der Waals surface area contributed by atoms with E-state index in [-0.39, 0.29) is 0 Å². The Hall–Kier alpha value is -1.54. The van der Waals surface area contributed by atoms with E-state index in [9.17, 15) is 0 Å². The zero-order valence-electron chi connectivity index (χ0n) is 17.2. The summed E-state index contributed by atoms with van der Waals surface area (Å²) in [5.74, 6) is 2.02. The van der Waals surface area contributed by atoms with Gasteiger partial charge in [0.15, 0.2) is 11.1 Å². The summed E-state index contributed by atoms with van der Waals surface area (Å²) < 4.78 is 2.40. The molecule has 1 aliphatic rings. The molecular weight excluding hydrogens is 388 g/mol. The number of aryl methyl sites for hydroxylation is 2. The van der Waals surface area contributed by atoms with Crippen molar-refractivity contribution in [3.63, 3.8) is 0 Å². The third kappa shape index (κ3) is 5.50. The van der Waals surface area contributed by atoms with Gasteiger partial charge in [0.1, 0.15) is 5.82 Å². The normalized spacial score (nSPS) is 15.3. The first kappa shape index (κ1) is 21.2. The van der Waals surface area contributed by atoms with Crippen molar-refractivity contribution >= 4 is 29.1 Å². The molecule has 154 valence electrons. The standard InChI is InChI=1S/C20H32N6S2/c1-4-21-19(23-14-17-15(2)11-13-28-17)22-12-7-10-18-24-25-20(27-3)26(18)16-8-5-6-9-16/h11,13,16H,4-10,12,14H2,1-3H3,(H2,21,22,23). The Kier molecular flexibility index (Phi) is 8.21. The molecule has 3 rings (SSSR count). The molecule has 0 bridgehead atoms. The van der Waals surface area contributed by atoms with Crippen molar-refractivity contribution < 1.29 is 0 Å². The summed E-state index contributed by atoms with van der Waals surface area (Å²) >= 11 is 3.48. The maximum absolute atomic E-state index is 4.73. The topological polar surface area (TPSA) is 67.1 Å². The van der Waals surface area contributed by atoms with Crippen molar-refractivity contribution in [3.8, 4) is 0 Å². The Bertz CT molecular complexity index is 761. The van der Waals surface area contributed by atoms with Gasteiger partial charge in [-0.3, -0.25) is 0 Å². The van der Waals surface area contributed by atoms with Crippen LogP contribution in [0.1, 0.15) is 61.3 Å². The van der Waals surface area contributed by atoms with Gasteiger partial charge >= 0.3 is 0 Å². The van der Waals surface area contributed by atoms with Gasteiger partial charge in [0.2, 0.25) is 0 Å². The number of thiophene rings is 1. The average molecular weight is 421 g/mol. The second-order valence-electron chi connectivity index (χ2n) is 7.16. The van der Waals surface area contributed by atoms with Crippen molar-refractivity contribution in [1.82, 2.24) is 25.4 Å². The van der Waals surface area contributed by atoms with Crippen LogP contribution in [0, 0.1) is 6.92 Å². The van der Waals surface area contributed by atoms with Crippen LogP contribution in [0.4, 0.5) is 0 Å². The monoisotopic (exact) mass is 420 g/mol. The SMILES string of the molecule is CCNC(=NCc1sccc1C)NCCCc1nnc(SC)n1C1CCCC1. The molecule has 2 N–H and O–H groups in total. The fourth-order valence-electron chi connectivity index (χ4n) is 3.66. The molecule has 0 aromatic carbocycles. The van der Waals surface area contributed by atoms with Gasteiger partial charge in [0, 0.05) is 30.4 Å². The number of hydrogen-bond acceptors (Lipinski definition) is 5. The quantitative estimate of drug-likeness (QED) is 0.276. The third-order valence-electron chi connectivity index (χ3n) is 5.17. The van der Waals surface area contributed by atoms with Gasteiger partial charge in [0.25, 0.3) is 0 Å². The van der Waals surface area contributed by atoms with Gasteiger partial charge in [-0.2, -0.15) is 0 Å². The molecule has 1 aliphatic carbocycles. The predicted molar refractivity (Wildman–Crippen MR) is 120 cm³/mol. The zero-order chi connectivity index (χ0) is 19.8. The number of hydrogen-bond donors (Lipinski definition) is 2. The van der Waals surface area contributed by atoms with E-state index in [1.165, 1.54) is 36.1 Å². The summed E-state index contributed by atoms with van der Waals surface area (Å²) in [6.45, 7) is 6.71. The van der Waals surface area contributed by atoms with Crippen LogP contribution in [0.15, 0.2) is 21.6 Å². The van der Waals surface area contributed by atoms with E-state index >= 15 is 0 Å². The number of nitrogens with zero attached hydrogens (tertiary/aromatic N) is 4. The molecule has 0 aliphatic heterocycles. The average Bonchev–Trinajstić information content (AvgIpc) is 3.43. The molecule has 8 heteroatoms. The van der Waals surface area contributed by atoms with E-state index < -0.39 is 0 Å². The first-order valence-electron chi connectivity index (χ1n) is 10.3. The molecular formula is C20H32N6S2.